The quantitative estimate of drug-likeness (QED) is 0.671. The van der Waals surface area contributed by atoms with Crippen molar-refractivity contribution in [1.82, 2.24) is 0 Å². The summed E-state index contributed by atoms with van der Waals surface area (Å²) in [7, 11) is 0. The molecule has 4 heteroatoms. The van der Waals surface area contributed by atoms with Crippen LogP contribution in [0.1, 0.15) is 22.3 Å². The van der Waals surface area contributed by atoms with Gasteiger partial charge in [0.25, 0.3) is 5.69 Å². The second-order valence-corrected chi connectivity index (χ2v) is 5.11. The summed E-state index contributed by atoms with van der Waals surface area (Å²) in [4.78, 5) is 10.4. The van der Waals surface area contributed by atoms with Crippen LogP contribution in [0.5, 0.6) is 0 Å². The minimum absolute atomic E-state index is 0.155. The van der Waals surface area contributed by atoms with Gasteiger partial charge in [0.05, 0.1) is 4.92 Å². The monoisotopic (exact) mass is 270 g/mol. The largest absolute Gasteiger partial charge is 0.381 e. The van der Waals surface area contributed by atoms with Crippen molar-refractivity contribution in [2.45, 2.75) is 27.3 Å². The lowest BCUT2D eigenvalue weighted by Crippen LogP contribution is -2.01. The molecular weight excluding hydrogens is 252 g/mol. The third-order valence-corrected chi connectivity index (χ3v) is 3.17. The molecule has 0 aromatic heterocycles. The summed E-state index contributed by atoms with van der Waals surface area (Å²) < 4.78 is 0. The number of hydrogen-bond donors (Lipinski definition) is 1. The molecule has 0 unspecified atom stereocenters. The second-order valence-electron chi connectivity index (χ2n) is 5.11. The van der Waals surface area contributed by atoms with E-state index in [1.54, 1.807) is 25.1 Å². The van der Waals surface area contributed by atoms with Crippen LogP contribution in [0.15, 0.2) is 36.4 Å². The number of hydrogen-bond acceptors (Lipinski definition) is 3. The fraction of sp³-hybridized carbons (Fsp3) is 0.250. The Kier molecular flexibility index (Phi) is 4.03. The first-order valence-electron chi connectivity index (χ1n) is 6.52. The predicted octanol–water partition coefficient (Wildman–Crippen LogP) is 4.13. The van der Waals surface area contributed by atoms with E-state index in [1.807, 2.05) is 0 Å². The molecule has 20 heavy (non-hydrogen) atoms. The first-order valence-corrected chi connectivity index (χ1v) is 6.52. The Hall–Kier alpha value is -2.36. The van der Waals surface area contributed by atoms with Gasteiger partial charge in [-0.2, -0.15) is 0 Å². The van der Waals surface area contributed by atoms with E-state index in [0.29, 0.717) is 12.1 Å². The lowest BCUT2D eigenvalue weighted by atomic mass is 10.1. The lowest BCUT2D eigenvalue weighted by molar-refractivity contribution is -0.385. The highest BCUT2D eigenvalue weighted by molar-refractivity contribution is 5.53. The highest BCUT2D eigenvalue weighted by Gasteiger charge is 2.09. The summed E-state index contributed by atoms with van der Waals surface area (Å²) in [6.45, 7) is 6.61. The van der Waals surface area contributed by atoms with E-state index in [9.17, 15) is 10.1 Å². The van der Waals surface area contributed by atoms with Crippen molar-refractivity contribution in [2.75, 3.05) is 5.32 Å². The van der Waals surface area contributed by atoms with Gasteiger partial charge < -0.3 is 5.32 Å². The number of nitrogens with zero attached hydrogens (tertiary/aromatic N) is 1. The zero-order chi connectivity index (χ0) is 14.7. The van der Waals surface area contributed by atoms with Gasteiger partial charge >= 0.3 is 0 Å². The van der Waals surface area contributed by atoms with Crippen LogP contribution >= 0.6 is 0 Å². The standard InChI is InChI=1S/C16H18N2O2/c1-11-6-12(2)8-14(7-11)10-17-15-4-5-16(18(19)20)13(3)9-15/h4-9,17H,10H2,1-3H3. The zero-order valence-corrected chi connectivity index (χ0v) is 11.9. The zero-order valence-electron chi connectivity index (χ0n) is 11.9. The van der Waals surface area contributed by atoms with E-state index >= 15 is 0 Å². The highest BCUT2D eigenvalue weighted by atomic mass is 16.6. The Morgan fingerprint density at radius 3 is 2.25 bits per heavy atom. The van der Waals surface area contributed by atoms with Gasteiger partial charge in [-0.1, -0.05) is 29.3 Å². The molecule has 2 aromatic rings. The van der Waals surface area contributed by atoms with Gasteiger partial charge in [-0.3, -0.25) is 10.1 Å². The summed E-state index contributed by atoms with van der Waals surface area (Å²) in [5.41, 5.74) is 5.40. The molecule has 2 rings (SSSR count). The third kappa shape index (κ3) is 3.35. The van der Waals surface area contributed by atoms with Gasteiger partial charge in [0.1, 0.15) is 0 Å². The Morgan fingerprint density at radius 2 is 1.70 bits per heavy atom. The van der Waals surface area contributed by atoms with Crippen molar-refractivity contribution in [1.29, 1.82) is 0 Å². The van der Waals surface area contributed by atoms with Crippen LogP contribution in [0.2, 0.25) is 0 Å². The van der Waals surface area contributed by atoms with E-state index < -0.39 is 0 Å². The molecule has 0 bridgehead atoms. The van der Waals surface area contributed by atoms with Crippen LogP contribution in [0.4, 0.5) is 11.4 Å². The molecule has 0 amide bonds. The van der Waals surface area contributed by atoms with Gasteiger partial charge in [0.2, 0.25) is 0 Å². The van der Waals surface area contributed by atoms with Gasteiger partial charge in [-0.25, -0.2) is 0 Å². The van der Waals surface area contributed by atoms with Crippen molar-refractivity contribution in [3.63, 3.8) is 0 Å². The SMILES string of the molecule is Cc1cc(C)cc(CNc2ccc([N+](=O)[O-])c(C)c2)c1. The molecule has 104 valence electrons. The molecule has 0 aliphatic carbocycles. The Bertz CT molecular complexity index is 631. The molecule has 0 aliphatic rings. The van der Waals surface area contributed by atoms with Crippen molar-refractivity contribution in [3.05, 3.63) is 68.8 Å². The fourth-order valence-corrected chi connectivity index (χ4v) is 2.35. The van der Waals surface area contributed by atoms with E-state index in [0.717, 1.165) is 5.69 Å². The summed E-state index contributed by atoms with van der Waals surface area (Å²) in [5.74, 6) is 0. The Labute approximate surface area is 118 Å². The minimum atomic E-state index is -0.358. The number of nitro groups is 1. The molecule has 2 aromatic carbocycles. The molecule has 0 fully saturated rings. The van der Waals surface area contributed by atoms with E-state index in [2.05, 4.69) is 37.4 Å². The van der Waals surface area contributed by atoms with E-state index in [1.165, 1.54) is 16.7 Å². The van der Waals surface area contributed by atoms with E-state index in [4.69, 9.17) is 0 Å². The van der Waals surface area contributed by atoms with E-state index in [-0.39, 0.29) is 10.6 Å². The predicted molar refractivity (Wildman–Crippen MR) is 81.1 cm³/mol. The maximum absolute atomic E-state index is 10.8. The van der Waals surface area contributed by atoms with Crippen LogP contribution in [-0.4, -0.2) is 4.92 Å². The molecular formula is C16H18N2O2. The number of rotatable bonds is 4. The number of anilines is 1. The average Bonchev–Trinajstić information content (AvgIpc) is 2.35. The number of benzene rings is 2. The molecule has 0 atom stereocenters. The van der Waals surface area contributed by atoms with Crippen molar-refractivity contribution in [2.24, 2.45) is 0 Å². The average molecular weight is 270 g/mol. The Balaban J connectivity index is 2.11. The molecule has 0 aliphatic heterocycles. The molecule has 0 radical (unpaired) electrons. The number of nitrogens with one attached hydrogen (secondary N) is 1. The van der Waals surface area contributed by atoms with Crippen LogP contribution in [0, 0.1) is 30.9 Å². The maximum Gasteiger partial charge on any atom is 0.272 e. The van der Waals surface area contributed by atoms with Crippen molar-refractivity contribution >= 4 is 11.4 Å². The molecule has 4 nitrogen and oxygen atoms in total. The summed E-state index contributed by atoms with van der Waals surface area (Å²) in [6, 6.07) is 11.5. The minimum Gasteiger partial charge on any atom is -0.381 e. The van der Waals surface area contributed by atoms with Gasteiger partial charge in [-0.15, -0.1) is 0 Å². The normalized spacial score (nSPS) is 10.3. The Morgan fingerprint density at radius 1 is 1.05 bits per heavy atom. The lowest BCUT2D eigenvalue weighted by Gasteiger charge is -2.09. The third-order valence-electron chi connectivity index (χ3n) is 3.17. The van der Waals surface area contributed by atoms with Crippen LogP contribution in [0.25, 0.3) is 0 Å². The summed E-state index contributed by atoms with van der Waals surface area (Å²) >= 11 is 0. The molecule has 0 heterocycles. The second kappa shape index (κ2) is 5.74. The van der Waals surface area contributed by atoms with Crippen LogP contribution in [-0.2, 0) is 6.54 Å². The maximum atomic E-state index is 10.8. The highest BCUT2D eigenvalue weighted by Crippen LogP contribution is 2.22. The molecule has 0 saturated carbocycles. The molecule has 0 saturated heterocycles. The van der Waals surface area contributed by atoms with Crippen LogP contribution < -0.4 is 5.32 Å². The number of nitro benzene ring substituents is 1. The molecule has 1 N–H and O–H groups in total. The first-order chi connectivity index (χ1) is 9.45. The van der Waals surface area contributed by atoms with Gasteiger partial charge in [0.15, 0.2) is 0 Å². The smallest absolute Gasteiger partial charge is 0.272 e. The summed E-state index contributed by atoms with van der Waals surface area (Å²) in [6.07, 6.45) is 0. The first kappa shape index (κ1) is 14.1. The van der Waals surface area contributed by atoms with Crippen LogP contribution in [0.3, 0.4) is 0 Å². The van der Waals surface area contributed by atoms with Crippen molar-refractivity contribution < 1.29 is 4.92 Å². The fourth-order valence-electron chi connectivity index (χ4n) is 2.35. The van der Waals surface area contributed by atoms with Gasteiger partial charge in [0, 0.05) is 23.9 Å². The number of aryl methyl sites for hydroxylation is 3. The van der Waals surface area contributed by atoms with Crippen molar-refractivity contribution in [3.8, 4) is 0 Å². The van der Waals surface area contributed by atoms with Gasteiger partial charge in [-0.05, 0) is 38.5 Å². The topological polar surface area (TPSA) is 55.2 Å². The molecule has 0 spiro atoms. The summed E-state index contributed by atoms with van der Waals surface area (Å²) in [5, 5.41) is 14.1.